The summed E-state index contributed by atoms with van der Waals surface area (Å²) < 4.78 is 11.1. The quantitative estimate of drug-likeness (QED) is 0.772. The molecule has 0 fully saturated rings. The molecule has 4 heteroatoms. The molecule has 1 aliphatic rings. The number of nitrogens with one attached hydrogen (secondary N) is 1. The monoisotopic (exact) mass is 266 g/mol. The highest BCUT2D eigenvalue weighted by atomic mass is 16.5. The molecule has 1 unspecified atom stereocenters. The van der Waals surface area contributed by atoms with Crippen LogP contribution in [-0.4, -0.2) is 18.6 Å². The number of hydrogen-bond acceptors (Lipinski definition) is 4. The first-order valence-corrected chi connectivity index (χ1v) is 6.62. The summed E-state index contributed by atoms with van der Waals surface area (Å²) in [5.74, 6) is 1.71. The van der Waals surface area contributed by atoms with Gasteiger partial charge >= 0.3 is 0 Å². The Hall–Kier alpha value is -2.49. The first-order chi connectivity index (χ1) is 9.85. The van der Waals surface area contributed by atoms with E-state index >= 15 is 0 Å². The fraction of sp³-hybridized carbons (Fsp3) is 0.188. The van der Waals surface area contributed by atoms with Gasteiger partial charge < -0.3 is 14.5 Å². The van der Waals surface area contributed by atoms with Gasteiger partial charge in [0.15, 0.2) is 5.58 Å². The van der Waals surface area contributed by atoms with E-state index in [9.17, 15) is 0 Å². The minimum absolute atomic E-state index is 0.171. The van der Waals surface area contributed by atoms with E-state index in [1.807, 2.05) is 30.3 Å². The van der Waals surface area contributed by atoms with Crippen LogP contribution in [0, 0.1) is 0 Å². The standard InChI is InChI=1S/C16H14N2O2/c1-19-10-6-7-14-15(8-10)20-16(18-14)12-9-17-13-5-3-2-4-11(12)13/h2-8,12,17H,9H2,1H3. The average molecular weight is 266 g/mol. The first-order valence-electron chi connectivity index (χ1n) is 6.62. The number of aromatic nitrogens is 1. The normalized spacial score (nSPS) is 16.9. The number of oxazole rings is 1. The first kappa shape index (κ1) is 11.3. The van der Waals surface area contributed by atoms with Crippen LogP contribution < -0.4 is 10.1 Å². The molecular formula is C16H14N2O2. The van der Waals surface area contributed by atoms with Crippen LogP contribution in [0.2, 0.25) is 0 Å². The van der Waals surface area contributed by atoms with Crippen molar-refractivity contribution in [2.24, 2.45) is 0 Å². The summed E-state index contributed by atoms with van der Waals surface area (Å²) in [6.07, 6.45) is 0. The summed E-state index contributed by atoms with van der Waals surface area (Å²) in [5, 5.41) is 3.39. The smallest absolute Gasteiger partial charge is 0.204 e. The van der Waals surface area contributed by atoms with E-state index < -0.39 is 0 Å². The number of nitrogens with zero attached hydrogens (tertiary/aromatic N) is 1. The van der Waals surface area contributed by atoms with Crippen molar-refractivity contribution in [1.82, 2.24) is 4.98 Å². The molecule has 1 aliphatic heterocycles. The Morgan fingerprint density at radius 3 is 3.05 bits per heavy atom. The number of benzene rings is 2. The fourth-order valence-corrected chi connectivity index (χ4v) is 2.70. The van der Waals surface area contributed by atoms with Crippen LogP contribution in [0.15, 0.2) is 46.9 Å². The van der Waals surface area contributed by atoms with Gasteiger partial charge in [0.05, 0.1) is 13.0 Å². The number of ether oxygens (including phenoxy) is 1. The highest BCUT2D eigenvalue weighted by molar-refractivity contribution is 5.75. The van der Waals surface area contributed by atoms with Gasteiger partial charge in [0, 0.05) is 18.3 Å². The zero-order chi connectivity index (χ0) is 13.5. The lowest BCUT2D eigenvalue weighted by Gasteiger charge is -2.04. The third-order valence-corrected chi connectivity index (χ3v) is 3.74. The van der Waals surface area contributed by atoms with Gasteiger partial charge in [-0.25, -0.2) is 4.98 Å². The van der Waals surface area contributed by atoms with Gasteiger partial charge in [0.25, 0.3) is 0 Å². The topological polar surface area (TPSA) is 47.3 Å². The fourth-order valence-electron chi connectivity index (χ4n) is 2.70. The van der Waals surface area contributed by atoms with Gasteiger partial charge in [-0.3, -0.25) is 0 Å². The number of anilines is 1. The van der Waals surface area contributed by atoms with Crippen molar-refractivity contribution in [2.45, 2.75) is 5.92 Å². The lowest BCUT2D eigenvalue weighted by molar-refractivity contribution is 0.414. The highest BCUT2D eigenvalue weighted by Gasteiger charge is 2.27. The molecule has 100 valence electrons. The molecule has 0 spiro atoms. The Morgan fingerprint density at radius 2 is 2.15 bits per heavy atom. The Balaban J connectivity index is 1.80. The SMILES string of the molecule is COc1ccc2nc(C3CNc4ccccc43)oc2c1. The summed E-state index contributed by atoms with van der Waals surface area (Å²) in [6.45, 7) is 0.823. The van der Waals surface area contributed by atoms with Gasteiger partial charge in [-0.05, 0) is 23.8 Å². The predicted molar refractivity (Wildman–Crippen MR) is 77.3 cm³/mol. The number of methoxy groups -OCH3 is 1. The highest BCUT2D eigenvalue weighted by Crippen LogP contribution is 2.36. The molecule has 20 heavy (non-hydrogen) atoms. The second-order valence-electron chi connectivity index (χ2n) is 4.91. The molecule has 4 nitrogen and oxygen atoms in total. The molecule has 0 bridgehead atoms. The predicted octanol–water partition coefficient (Wildman–Crippen LogP) is 3.39. The molecule has 0 saturated heterocycles. The van der Waals surface area contributed by atoms with Crippen molar-refractivity contribution >= 4 is 16.8 Å². The maximum Gasteiger partial charge on any atom is 0.204 e. The third kappa shape index (κ3) is 1.65. The Kier molecular flexibility index (Phi) is 2.42. The summed E-state index contributed by atoms with van der Waals surface area (Å²) >= 11 is 0. The van der Waals surface area contributed by atoms with E-state index in [2.05, 4.69) is 22.4 Å². The van der Waals surface area contributed by atoms with E-state index in [0.29, 0.717) is 0 Å². The van der Waals surface area contributed by atoms with Crippen LogP contribution in [0.3, 0.4) is 0 Å². The number of hydrogen-bond donors (Lipinski definition) is 1. The molecule has 4 rings (SSSR count). The van der Waals surface area contributed by atoms with Gasteiger partial charge in [0.1, 0.15) is 11.3 Å². The number of fused-ring (bicyclic) bond motifs is 2. The van der Waals surface area contributed by atoms with E-state index in [1.54, 1.807) is 7.11 Å². The van der Waals surface area contributed by atoms with E-state index in [1.165, 1.54) is 5.56 Å². The average Bonchev–Trinajstić information content (AvgIpc) is 3.09. The van der Waals surface area contributed by atoms with Crippen LogP contribution in [0.5, 0.6) is 5.75 Å². The summed E-state index contributed by atoms with van der Waals surface area (Å²) in [7, 11) is 1.65. The maximum absolute atomic E-state index is 5.92. The largest absolute Gasteiger partial charge is 0.497 e. The summed E-state index contributed by atoms with van der Waals surface area (Å²) in [6, 6.07) is 14.0. The van der Waals surface area contributed by atoms with Crippen molar-refractivity contribution in [3.63, 3.8) is 0 Å². The molecule has 1 N–H and O–H groups in total. The van der Waals surface area contributed by atoms with E-state index in [0.717, 1.165) is 35.0 Å². The lowest BCUT2D eigenvalue weighted by atomic mass is 10.0. The van der Waals surface area contributed by atoms with Crippen molar-refractivity contribution in [1.29, 1.82) is 0 Å². The van der Waals surface area contributed by atoms with Gasteiger partial charge in [0.2, 0.25) is 5.89 Å². The van der Waals surface area contributed by atoms with Gasteiger partial charge in [-0.1, -0.05) is 18.2 Å². The molecule has 2 heterocycles. The van der Waals surface area contributed by atoms with E-state index in [4.69, 9.17) is 9.15 Å². The number of rotatable bonds is 2. The van der Waals surface area contributed by atoms with Crippen LogP contribution in [-0.2, 0) is 0 Å². The molecule has 1 aromatic heterocycles. The van der Waals surface area contributed by atoms with Crippen molar-refractivity contribution in [3.05, 3.63) is 53.9 Å². The van der Waals surface area contributed by atoms with Crippen LogP contribution >= 0.6 is 0 Å². The molecule has 3 aromatic rings. The zero-order valence-corrected chi connectivity index (χ0v) is 11.1. The summed E-state index contributed by atoms with van der Waals surface area (Å²) in [4.78, 5) is 4.61. The molecule has 0 radical (unpaired) electrons. The number of para-hydroxylation sites is 1. The Bertz CT molecular complexity index is 779. The van der Waals surface area contributed by atoms with Crippen molar-refractivity contribution in [3.8, 4) is 5.75 Å². The Morgan fingerprint density at radius 1 is 1.25 bits per heavy atom. The van der Waals surface area contributed by atoms with Crippen molar-refractivity contribution < 1.29 is 9.15 Å². The molecule has 1 atom stereocenters. The minimum Gasteiger partial charge on any atom is -0.497 e. The Labute approximate surface area is 116 Å². The van der Waals surface area contributed by atoms with E-state index in [-0.39, 0.29) is 5.92 Å². The molecule has 0 amide bonds. The maximum atomic E-state index is 5.92. The van der Waals surface area contributed by atoms with Gasteiger partial charge in [-0.2, -0.15) is 0 Å². The molecular weight excluding hydrogens is 252 g/mol. The van der Waals surface area contributed by atoms with Crippen molar-refractivity contribution in [2.75, 3.05) is 19.0 Å². The summed E-state index contributed by atoms with van der Waals surface area (Å²) in [5.41, 5.74) is 4.04. The minimum atomic E-state index is 0.171. The van der Waals surface area contributed by atoms with Crippen LogP contribution in [0.1, 0.15) is 17.4 Å². The molecule has 2 aromatic carbocycles. The van der Waals surface area contributed by atoms with Crippen LogP contribution in [0.4, 0.5) is 5.69 Å². The molecule has 0 saturated carbocycles. The van der Waals surface area contributed by atoms with Gasteiger partial charge in [-0.15, -0.1) is 0 Å². The van der Waals surface area contributed by atoms with Crippen LogP contribution in [0.25, 0.3) is 11.1 Å². The molecule has 0 aliphatic carbocycles. The lowest BCUT2D eigenvalue weighted by Crippen LogP contribution is -2.03. The third-order valence-electron chi connectivity index (χ3n) is 3.74. The second-order valence-corrected chi connectivity index (χ2v) is 4.91. The zero-order valence-electron chi connectivity index (χ0n) is 11.1. The second kappa shape index (κ2) is 4.27.